The minimum atomic E-state index is -3.18. The van der Waals surface area contributed by atoms with Gasteiger partial charge in [-0.3, -0.25) is 4.79 Å². The zero-order valence-corrected chi connectivity index (χ0v) is 14.9. The minimum absolute atomic E-state index is 0.146. The topological polar surface area (TPSA) is 75.3 Å². The molecule has 2 rings (SSSR count). The molecule has 0 aliphatic carbocycles. The number of benzene rings is 1. The fraction of sp³-hybridized carbons (Fsp3) is 0.267. The number of hydrogen-bond donors (Lipinski definition) is 2. The SMILES string of the molecule is CS(=O)(=O)NCCc1ccc(C(=O)NCc2ccc(Cl)cc2)s1. The zero-order valence-electron chi connectivity index (χ0n) is 12.5. The van der Waals surface area contributed by atoms with E-state index in [1.165, 1.54) is 11.3 Å². The summed E-state index contributed by atoms with van der Waals surface area (Å²) in [7, 11) is -3.18. The minimum Gasteiger partial charge on any atom is -0.347 e. The van der Waals surface area contributed by atoms with Gasteiger partial charge in [-0.2, -0.15) is 0 Å². The maximum Gasteiger partial charge on any atom is 0.261 e. The normalized spacial score (nSPS) is 11.4. The molecule has 1 amide bonds. The number of nitrogens with one attached hydrogen (secondary N) is 2. The zero-order chi connectivity index (χ0) is 16.9. The Kier molecular flexibility index (Phi) is 6.17. The first-order valence-electron chi connectivity index (χ1n) is 6.89. The van der Waals surface area contributed by atoms with Gasteiger partial charge in [-0.05, 0) is 36.2 Å². The van der Waals surface area contributed by atoms with Crippen LogP contribution in [0.4, 0.5) is 0 Å². The van der Waals surface area contributed by atoms with Crippen molar-refractivity contribution in [1.82, 2.24) is 10.0 Å². The number of amides is 1. The molecule has 0 atom stereocenters. The summed E-state index contributed by atoms with van der Waals surface area (Å²) in [5.41, 5.74) is 0.969. The molecule has 0 unspecified atom stereocenters. The summed E-state index contributed by atoms with van der Waals surface area (Å²) in [6, 6.07) is 10.9. The van der Waals surface area contributed by atoms with Gasteiger partial charge < -0.3 is 5.32 Å². The van der Waals surface area contributed by atoms with Crippen LogP contribution in [-0.2, 0) is 23.0 Å². The standard InChI is InChI=1S/C15H17ClN2O3S2/c1-23(20,21)18-9-8-13-6-7-14(22-13)15(19)17-10-11-2-4-12(16)5-3-11/h2-7,18H,8-10H2,1H3,(H,17,19). The predicted molar refractivity (Wildman–Crippen MR) is 93.5 cm³/mol. The van der Waals surface area contributed by atoms with Crippen molar-refractivity contribution in [2.24, 2.45) is 0 Å². The molecule has 1 aromatic heterocycles. The molecule has 124 valence electrons. The number of rotatable bonds is 7. The van der Waals surface area contributed by atoms with Crippen LogP contribution in [0.1, 0.15) is 20.1 Å². The number of sulfonamides is 1. The van der Waals surface area contributed by atoms with E-state index in [0.717, 1.165) is 16.7 Å². The molecule has 0 bridgehead atoms. The van der Waals surface area contributed by atoms with Crippen molar-refractivity contribution in [3.05, 3.63) is 56.7 Å². The number of hydrogen-bond acceptors (Lipinski definition) is 4. The van der Waals surface area contributed by atoms with Crippen LogP contribution >= 0.6 is 22.9 Å². The summed E-state index contributed by atoms with van der Waals surface area (Å²) in [6.45, 7) is 0.754. The molecule has 5 nitrogen and oxygen atoms in total. The number of thiophene rings is 1. The number of halogens is 1. The second kappa shape index (κ2) is 7.92. The highest BCUT2D eigenvalue weighted by atomic mass is 35.5. The maximum absolute atomic E-state index is 12.1. The molecule has 1 heterocycles. The molecular formula is C15H17ClN2O3S2. The molecule has 0 aliphatic rings. The molecule has 0 saturated carbocycles. The van der Waals surface area contributed by atoms with Gasteiger partial charge in [-0.1, -0.05) is 23.7 Å². The molecular weight excluding hydrogens is 356 g/mol. The van der Waals surface area contributed by atoms with E-state index in [0.29, 0.717) is 29.4 Å². The van der Waals surface area contributed by atoms with Gasteiger partial charge in [0.15, 0.2) is 0 Å². The van der Waals surface area contributed by atoms with Crippen molar-refractivity contribution >= 4 is 38.9 Å². The van der Waals surface area contributed by atoms with Crippen LogP contribution < -0.4 is 10.0 Å². The third-order valence-electron chi connectivity index (χ3n) is 2.99. The lowest BCUT2D eigenvalue weighted by Crippen LogP contribution is -2.24. The van der Waals surface area contributed by atoms with Crippen LogP contribution in [-0.4, -0.2) is 27.1 Å². The van der Waals surface area contributed by atoms with E-state index in [1.807, 2.05) is 18.2 Å². The Balaban J connectivity index is 1.84. The predicted octanol–water partition coefficient (Wildman–Crippen LogP) is 2.42. The lowest BCUT2D eigenvalue weighted by atomic mass is 10.2. The Hall–Kier alpha value is -1.41. The first-order chi connectivity index (χ1) is 10.8. The van der Waals surface area contributed by atoms with Crippen LogP contribution in [0.15, 0.2) is 36.4 Å². The van der Waals surface area contributed by atoms with Crippen LogP contribution in [0, 0.1) is 0 Å². The Morgan fingerprint density at radius 2 is 1.87 bits per heavy atom. The molecule has 0 aliphatic heterocycles. The van der Waals surface area contributed by atoms with E-state index in [-0.39, 0.29) is 5.91 Å². The first kappa shape index (κ1) is 17.9. The molecule has 2 N–H and O–H groups in total. The van der Waals surface area contributed by atoms with Gasteiger partial charge in [-0.15, -0.1) is 11.3 Å². The van der Waals surface area contributed by atoms with Gasteiger partial charge in [0.05, 0.1) is 11.1 Å². The van der Waals surface area contributed by atoms with Crippen molar-refractivity contribution in [2.45, 2.75) is 13.0 Å². The largest absolute Gasteiger partial charge is 0.347 e. The monoisotopic (exact) mass is 372 g/mol. The fourth-order valence-electron chi connectivity index (χ4n) is 1.87. The van der Waals surface area contributed by atoms with Crippen LogP contribution in [0.3, 0.4) is 0 Å². The first-order valence-corrected chi connectivity index (χ1v) is 9.98. The van der Waals surface area contributed by atoms with Crippen molar-refractivity contribution in [2.75, 3.05) is 12.8 Å². The average molecular weight is 373 g/mol. The lowest BCUT2D eigenvalue weighted by molar-refractivity contribution is 0.0955. The Morgan fingerprint density at radius 3 is 2.52 bits per heavy atom. The smallest absolute Gasteiger partial charge is 0.261 e. The highest BCUT2D eigenvalue weighted by molar-refractivity contribution is 7.88. The van der Waals surface area contributed by atoms with Crippen molar-refractivity contribution in [1.29, 1.82) is 0 Å². The molecule has 1 aromatic carbocycles. The highest BCUT2D eigenvalue weighted by Gasteiger charge is 2.09. The Bertz CT molecular complexity index is 770. The Labute approximate surface area is 144 Å². The van der Waals surface area contributed by atoms with Gasteiger partial charge in [-0.25, -0.2) is 13.1 Å². The molecule has 2 aromatic rings. The van der Waals surface area contributed by atoms with Crippen molar-refractivity contribution < 1.29 is 13.2 Å². The van der Waals surface area contributed by atoms with Gasteiger partial charge in [0.25, 0.3) is 5.91 Å². The Morgan fingerprint density at radius 1 is 1.17 bits per heavy atom. The summed E-state index contributed by atoms with van der Waals surface area (Å²) in [5, 5.41) is 3.50. The third-order valence-corrected chi connectivity index (χ3v) is 5.11. The van der Waals surface area contributed by atoms with E-state index in [4.69, 9.17) is 11.6 Å². The molecule has 23 heavy (non-hydrogen) atoms. The summed E-state index contributed by atoms with van der Waals surface area (Å²) in [5.74, 6) is -0.146. The van der Waals surface area contributed by atoms with Crippen molar-refractivity contribution in [3.8, 4) is 0 Å². The lowest BCUT2D eigenvalue weighted by Gasteiger charge is -2.04. The number of carbonyl (C=O) groups is 1. The van der Waals surface area contributed by atoms with E-state index in [1.54, 1.807) is 18.2 Å². The molecule has 0 fully saturated rings. The van der Waals surface area contributed by atoms with E-state index in [9.17, 15) is 13.2 Å². The maximum atomic E-state index is 12.1. The van der Waals surface area contributed by atoms with Gasteiger partial charge in [0.2, 0.25) is 10.0 Å². The summed E-state index contributed by atoms with van der Waals surface area (Å²) >= 11 is 7.18. The highest BCUT2D eigenvalue weighted by Crippen LogP contribution is 2.17. The molecule has 8 heteroatoms. The van der Waals surface area contributed by atoms with E-state index < -0.39 is 10.0 Å². The van der Waals surface area contributed by atoms with E-state index in [2.05, 4.69) is 10.0 Å². The third kappa shape index (κ3) is 6.31. The summed E-state index contributed by atoms with van der Waals surface area (Å²) in [6.07, 6.45) is 1.68. The van der Waals surface area contributed by atoms with Crippen LogP contribution in [0.5, 0.6) is 0 Å². The second-order valence-electron chi connectivity index (χ2n) is 4.99. The van der Waals surface area contributed by atoms with E-state index >= 15 is 0 Å². The fourth-order valence-corrected chi connectivity index (χ4v) is 3.39. The quantitative estimate of drug-likeness (QED) is 0.783. The van der Waals surface area contributed by atoms with Crippen LogP contribution in [0.2, 0.25) is 5.02 Å². The molecule has 0 spiro atoms. The van der Waals surface area contributed by atoms with Gasteiger partial charge in [0, 0.05) is 23.0 Å². The molecule has 0 saturated heterocycles. The number of carbonyl (C=O) groups excluding carboxylic acids is 1. The van der Waals surface area contributed by atoms with Crippen LogP contribution in [0.25, 0.3) is 0 Å². The average Bonchev–Trinajstić information content (AvgIpc) is 2.94. The molecule has 0 radical (unpaired) electrons. The summed E-state index contributed by atoms with van der Waals surface area (Å²) in [4.78, 5) is 13.7. The van der Waals surface area contributed by atoms with Gasteiger partial charge >= 0.3 is 0 Å². The van der Waals surface area contributed by atoms with Gasteiger partial charge in [0.1, 0.15) is 0 Å². The second-order valence-corrected chi connectivity index (χ2v) is 8.43. The van der Waals surface area contributed by atoms with Crippen molar-refractivity contribution in [3.63, 3.8) is 0 Å². The summed E-state index contributed by atoms with van der Waals surface area (Å²) < 4.78 is 24.4.